The predicted octanol–water partition coefficient (Wildman–Crippen LogP) is 2.24. The normalized spacial score (nSPS) is 11.3. The van der Waals surface area contributed by atoms with E-state index < -0.39 is 40.9 Å². The lowest BCUT2D eigenvalue weighted by molar-refractivity contribution is -0.147. The van der Waals surface area contributed by atoms with E-state index in [4.69, 9.17) is 4.74 Å². The monoisotopic (exact) mass is 408 g/mol. The molecule has 2 aromatic carbocycles. The van der Waals surface area contributed by atoms with Crippen molar-refractivity contribution >= 4 is 27.6 Å². The van der Waals surface area contributed by atoms with Crippen molar-refractivity contribution in [2.45, 2.75) is 18.7 Å². The molecule has 2 rings (SSSR count). The maximum Gasteiger partial charge on any atom is 0.321 e. The molecule has 0 heterocycles. The summed E-state index contributed by atoms with van der Waals surface area (Å²) in [6, 6.07) is 9.59. The van der Waals surface area contributed by atoms with Crippen LogP contribution in [-0.4, -0.2) is 44.8 Å². The molecule has 0 saturated carbocycles. The van der Waals surface area contributed by atoms with Gasteiger partial charge in [-0.1, -0.05) is 6.07 Å². The van der Waals surface area contributed by atoms with E-state index in [1.54, 1.807) is 12.1 Å². The number of carbonyl (C=O) groups is 2. The Kier molecular flexibility index (Phi) is 6.87. The summed E-state index contributed by atoms with van der Waals surface area (Å²) in [6.07, 6.45) is 0. The van der Waals surface area contributed by atoms with E-state index in [0.29, 0.717) is 5.69 Å². The molecule has 28 heavy (non-hydrogen) atoms. The number of esters is 1. The second-order valence-corrected chi connectivity index (χ2v) is 8.27. The van der Waals surface area contributed by atoms with Crippen LogP contribution in [0, 0.1) is 19.7 Å². The van der Waals surface area contributed by atoms with Crippen LogP contribution in [0.15, 0.2) is 47.4 Å². The van der Waals surface area contributed by atoms with Crippen LogP contribution in [0.2, 0.25) is 0 Å². The Morgan fingerprint density at radius 2 is 1.71 bits per heavy atom. The quantitative estimate of drug-likeness (QED) is 0.710. The van der Waals surface area contributed by atoms with Crippen molar-refractivity contribution in [2.75, 3.05) is 25.5 Å². The van der Waals surface area contributed by atoms with Crippen molar-refractivity contribution in [3.63, 3.8) is 0 Å². The highest BCUT2D eigenvalue weighted by Gasteiger charge is 2.24. The predicted molar refractivity (Wildman–Crippen MR) is 102 cm³/mol. The zero-order valence-corrected chi connectivity index (χ0v) is 16.5. The number of benzene rings is 2. The van der Waals surface area contributed by atoms with Gasteiger partial charge in [0.15, 0.2) is 6.61 Å². The number of ether oxygens (including phenoxy) is 1. The summed E-state index contributed by atoms with van der Waals surface area (Å²) >= 11 is 0. The summed E-state index contributed by atoms with van der Waals surface area (Å²) in [6.45, 7) is 2.72. The third-order valence-corrected chi connectivity index (χ3v) is 5.85. The lowest BCUT2D eigenvalue weighted by atomic mass is 10.1. The van der Waals surface area contributed by atoms with Gasteiger partial charge in [0.25, 0.3) is 5.91 Å². The molecular formula is C19H21FN2O5S. The van der Waals surface area contributed by atoms with E-state index in [-0.39, 0.29) is 4.90 Å². The van der Waals surface area contributed by atoms with Crippen molar-refractivity contribution < 1.29 is 27.1 Å². The molecule has 0 aromatic heterocycles. The highest BCUT2D eigenvalue weighted by Crippen LogP contribution is 2.15. The Balaban J connectivity index is 1.88. The Morgan fingerprint density at radius 1 is 1.07 bits per heavy atom. The van der Waals surface area contributed by atoms with Crippen LogP contribution in [0.4, 0.5) is 10.1 Å². The molecule has 150 valence electrons. The van der Waals surface area contributed by atoms with E-state index in [1.807, 2.05) is 19.9 Å². The van der Waals surface area contributed by atoms with Gasteiger partial charge in [0.05, 0.1) is 4.90 Å². The standard InChI is InChI=1S/C19H21FN2O5S/c1-13-4-7-16(10-14(13)2)21-18(23)12-27-19(24)11-22(3)28(25,26)17-8-5-15(20)6-9-17/h4-10H,11-12H2,1-3H3,(H,21,23). The number of hydrogen-bond acceptors (Lipinski definition) is 5. The second kappa shape index (κ2) is 8.94. The topological polar surface area (TPSA) is 92.8 Å². The molecule has 0 atom stereocenters. The number of likely N-dealkylation sites (N-methyl/N-ethyl adjacent to an activating group) is 1. The van der Waals surface area contributed by atoms with Gasteiger partial charge < -0.3 is 10.1 Å². The number of sulfonamides is 1. The van der Waals surface area contributed by atoms with Gasteiger partial charge in [-0.15, -0.1) is 0 Å². The first kappa shape index (κ1) is 21.5. The van der Waals surface area contributed by atoms with E-state index in [2.05, 4.69) is 5.32 Å². The van der Waals surface area contributed by atoms with Gasteiger partial charge in [-0.2, -0.15) is 4.31 Å². The zero-order valence-electron chi connectivity index (χ0n) is 15.7. The summed E-state index contributed by atoms with van der Waals surface area (Å²) < 4.78 is 43.2. The number of anilines is 1. The van der Waals surface area contributed by atoms with Crippen molar-refractivity contribution in [1.82, 2.24) is 4.31 Å². The van der Waals surface area contributed by atoms with Gasteiger partial charge in [0.2, 0.25) is 10.0 Å². The fraction of sp³-hybridized carbons (Fsp3) is 0.263. The van der Waals surface area contributed by atoms with Crippen molar-refractivity contribution in [2.24, 2.45) is 0 Å². The molecular weight excluding hydrogens is 387 g/mol. The van der Waals surface area contributed by atoms with Crippen molar-refractivity contribution in [1.29, 1.82) is 0 Å². The minimum absolute atomic E-state index is 0.156. The number of carbonyl (C=O) groups excluding carboxylic acids is 2. The van der Waals surface area contributed by atoms with Crippen LogP contribution in [0.5, 0.6) is 0 Å². The molecule has 0 saturated heterocycles. The molecule has 0 radical (unpaired) electrons. The maximum atomic E-state index is 12.9. The van der Waals surface area contributed by atoms with Crippen LogP contribution in [0.25, 0.3) is 0 Å². The van der Waals surface area contributed by atoms with Crippen LogP contribution in [0.1, 0.15) is 11.1 Å². The molecule has 0 unspecified atom stereocenters. The average Bonchev–Trinajstić information content (AvgIpc) is 2.63. The highest BCUT2D eigenvalue weighted by molar-refractivity contribution is 7.89. The number of amides is 1. The molecule has 0 bridgehead atoms. The van der Waals surface area contributed by atoms with E-state index in [0.717, 1.165) is 39.7 Å². The number of rotatable bonds is 7. The summed E-state index contributed by atoms with van der Waals surface area (Å²) in [5.74, 6) is -2.00. The average molecular weight is 408 g/mol. The molecule has 0 aliphatic rings. The number of nitrogens with one attached hydrogen (secondary N) is 1. The van der Waals surface area contributed by atoms with Crippen molar-refractivity contribution in [3.8, 4) is 0 Å². The lowest BCUT2D eigenvalue weighted by Gasteiger charge is -2.16. The molecule has 0 spiro atoms. The summed E-state index contributed by atoms with van der Waals surface area (Å²) in [5, 5.41) is 2.60. The Bertz CT molecular complexity index is 974. The smallest absolute Gasteiger partial charge is 0.321 e. The van der Waals surface area contributed by atoms with Crippen LogP contribution in [-0.2, 0) is 24.3 Å². The Hall–Kier alpha value is -2.78. The molecule has 0 fully saturated rings. The minimum atomic E-state index is -3.98. The Labute approximate surface area is 163 Å². The summed E-state index contributed by atoms with van der Waals surface area (Å²) in [4.78, 5) is 23.6. The molecule has 9 heteroatoms. The van der Waals surface area contributed by atoms with Gasteiger partial charge in [-0.25, -0.2) is 12.8 Å². The van der Waals surface area contributed by atoms with Crippen LogP contribution < -0.4 is 5.32 Å². The van der Waals surface area contributed by atoms with Gasteiger partial charge in [0, 0.05) is 12.7 Å². The lowest BCUT2D eigenvalue weighted by Crippen LogP contribution is -2.34. The van der Waals surface area contributed by atoms with E-state index in [9.17, 15) is 22.4 Å². The highest BCUT2D eigenvalue weighted by atomic mass is 32.2. The third-order valence-electron chi connectivity index (χ3n) is 4.03. The molecule has 1 amide bonds. The largest absolute Gasteiger partial charge is 0.455 e. The molecule has 1 N–H and O–H groups in total. The van der Waals surface area contributed by atoms with Gasteiger partial charge in [0.1, 0.15) is 12.4 Å². The first-order valence-electron chi connectivity index (χ1n) is 8.34. The number of halogens is 1. The molecule has 0 aliphatic heterocycles. The SMILES string of the molecule is Cc1ccc(NC(=O)COC(=O)CN(C)S(=O)(=O)c2ccc(F)cc2)cc1C. The maximum absolute atomic E-state index is 12.9. The summed E-state index contributed by atoms with van der Waals surface area (Å²) in [5.41, 5.74) is 2.65. The van der Waals surface area contributed by atoms with E-state index in [1.165, 1.54) is 7.05 Å². The number of nitrogens with zero attached hydrogens (tertiary/aromatic N) is 1. The Morgan fingerprint density at radius 3 is 2.32 bits per heavy atom. The van der Waals surface area contributed by atoms with E-state index >= 15 is 0 Å². The molecule has 2 aromatic rings. The molecule has 0 aliphatic carbocycles. The fourth-order valence-corrected chi connectivity index (χ4v) is 3.38. The van der Waals surface area contributed by atoms with Gasteiger partial charge in [-0.3, -0.25) is 9.59 Å². The molecule has 7 nitrogen and oxygen atoms in total. The third kappa shape index (κ3) is 5.61. The van der Waals surface area contributed by atoms with Crippen molar-refractivity contribution in [3.05, 3.63) is 59.4 Å². The second-order valence-electron chi connectivity index (χ2n) is 6.22. The first-order chi connectivity index (χ1) is 13.1. The van der Waals surface area contributed by atoms with Crippen LogP contribution >= 0.6 is 0 Å². The fourth-order valence-electron chi connectivity index (χ4n) is 2.26. The van der Waals surface area contributed by atoms with Crippen LogP contribution in [0.3, 0.4) is 0 Å². The summed E-state index contributed by atoms with van der Waals surface area (Å²) in [7, 11) is -2.79. The van der Waals surface area contributed by atoms with Gasteiger partial charge >= 0.3 is 5.97 Å². The first-order valence-corrected chi connectivity index (χ1v) is 9.78. The minimum Gasteiger partial charge on any atom is -0.455 e. The zero-order chi connectivity index (χ0) is 20.9. The number of aryl methyl sites for hydroxylation is 2. The van der Waals surface area contributed by atoms with Gasteiger partial charge in [-0.05, 0) is 61.4 Å². The number of hydrogen-bond donors (Lipinski definition) is 1.